The first-order valence-electron chi connectivity index (χ1n) is 6.48. The van der Waals surface area contributed by atoms with E-state index < -0.39 is 0 Å². The summed E-state index contributed by atoms with van der Waals surface area (Å²) in [6.45, 7) is 3.94. The molecule has 1 amide bonds. The number of thiophene rings is 1. The lowest BCUT2D eigenvalue weighted by atomic mass is 10.2. The zero-order chi connectivity index (χ0) is 15.1. The number of halogens is 1. The summed E-state index contributed by atoms with van der Waals surface area (Å²) in [5.41, 5.74) is 0.497. The van der Waals surface area contributed by atoms with E-state index in [0.29, 0.717) is 17.1 Å². The highest BCUT2D eigenvalue weighted by molar-refractivity contribution is 9.11. The molecule has 2 aromatic rings. The fraction of sp³-hybridized carbons (Fsp3) is 0.385. The number of nitrogens with one attached hydrogen (secondary N) is 2. The summed E-state index contributed by atoms with van der Waals surface area (Å²) in [6, 6.07) is 4.03. The monoisotopic (exact) mass is 387 g/mol. The van der Waals surface area contributed by atoms with Crippen LogP contribution in [0.2, 0.25) is 0 Å². The number of amides is 1. The molecule has 2 N–H and O–H groups in total. The molecule has 0 bridgehead atoms. The van der Waals surface area contributed by atoms with Gasteiger partial charge in [-0.1, -0.05) is 0 Å². The molecule has 0 unspecified atom stereocenters. The third kappa shape index (κ3) is 2.72. The number of fused-ring (bicyclic) bond motifs is 1. The van der Waals surface area contributed by atoms with Gasteiger partial charge in [-0.05, 0) is 41.9 Å². The number of hydrogen-bond donors (Lipinski definition) is 2. The Morgan fingerprint density at radius 2 is 2.14 bits per heavy atom. The molecule has 1 aliphatic rings. The summed E-state index contributed by atoms with van der Waals surface area (Å²) in [7, 11) is 0. The lowest BCUT2D eigenvalue weighted by Crippen LogP contribution is -2.17. The Balaban J connectivity index is 2.18. The highest BCUT2D eigenvalue weighted by Gasteiger charge is 2.31. The molecular weight excluding hydrogens is 374 g/mol. The van der Waals surface area contributed by atoms with Crippen LogP contribution in [0.3, 0.4) is 0 Å². The van der Waals surface area contributed by atoms with Gasteiger partial charge in [0.25, 0.3) is 5.56 Å². The van der Waals surface area contributed by atoms with Gasteiger partial charge >= 0.3 is 0 Å². The number of rotatable bonds is 2. The van der Waals surface area contributed by atoms with E-state index in [1.165, 1.54) is 11.8 Å². The number of thioether (sulfide) groups is 1. The van der Waals surface area contributed by atoms with Gasteiger partial charge in [0, 0.05) is 10.9 Å². The van der Waals surface area contributed by atoms with Crippen molar-refractivity contribution in [3.8, 4) is 0 Å². The van der Waals surface area contributed by atoms with E-state index in [9.17, 15) is 9.59 Å². The standard InChI is InChI=1S/C13H14BrN3O2S2/c1-6(2)17-12-10(13(19)16-17)11(20-5-9(18)15-12)7-3-4-8(14)21-7/h3-4,6,11H,5H2,1-2H3,(H,15,18)(H,16,19)/t11-/m1/s1. The van der Waals surface area contributed by atoms with Crippen molar-refractivity contribution < 1.29 is 4.79 Å². The molecule has 3 heterocycles. The van der Waals surface area contributed by atoms with E-state index in [4.69, 9.17) is 0 Å². The molecule has 0 fully saturated rings. The maximum Gasteiger partial charge on any atom is 0.271 e. The summed E-state index contributed by atoms with van der Waals surface area (Å²) in [4.78, 5) is 25.4. The van der Waals surface area contributed by atoms with Crippen LogP contribution >= 0.6 is 39.0 Å². The maximum atomic E-state index is 12.4. The zero-order valence-electron chi connectivity index (χ0n) is 11.5. The second kappa shape index (κ2) is 5.66. The van der Waals surface area contributed by atoms with Crippen LogP contribution in [-0.4, -0.2) is 21.4 Å². The highest BCUT2D eigenvalue weighted by atomic mass is 79.9. The Morgan fingerprint density at radius 3 is 2.76 bits per heavy atom. The summed E-state index contributed by atoms with van der Waals surface area (Å²) in [5, 5.41) is 5.57. The highest BCUT2D eigenvalue weighted by Crippen LogP contribution is 2.43. The summed E-state index contributed by atoms with van der Waals surface area (Å²) < 4.78 is 2.75. The van der Waals surface area contributed by atoms with Crippen LogP contribution in [0.25, 0.3) is 0 Å². The van der Waals surface area contributed by atoms with Crippen molar-refractivity contribution in [2.24, 2.45) is 0 Å². The topological polar surface area (TPSA) is 66.9 Å². The van der Waals surface area contributed by atoms with Gasteiger partial charge in [0.05, 0.1) is 20.4 Å². The van der Waals surface area contributed by atoms with E-state index in [2.05, 4.69) is 26.3 Å². The first-order valence-corrected chi connectivity index (χ1v) is 9.14. The van der Waals surface area contributed by atoms with Crippen molar-refractivity contribution in [3.63, 3.8) is 0 Å². The number of H-pyrrole nitrogens is 1. The first kappa shape index (κ1) is 14.9. The third-order valence-corrected chi connectivity index (χ3v) is 6.32. The molecule has 0 spiro atoms. The van der Waals surface area contributed by atoms with E-state index in [0.717, 1.165) is 8.66 Å². The second-order valence-corrected chi connectivity index (χ2v) is 8.64. The Labute approximate surface area is 138 Å². The zero-order valence-corrected chi connectivity index (χ0v) is 14.7. The minimum Gasteiger partial charge on any atom is -0.310 e. The van der Waals surface area contributed by atoms with Gasteiger partial charge in [-0.15, -0.1) is 23.1 Å². The van der Waals surface area contributed by atoms with E-state index in [-0.39, 0.29) is 22.8 Å². The van der Waals surface area contributed by atoms with Crippen LogP contribution in [0, 0.1) is 0 Å². The molecule has 3 rings (SSSR count). The first-order chi connectivity index (χ1) is 9.97. The molecular formula is C13H14BrN3O2S2. The SMILES string of the molecule is CC(C)n1[nH]c(=O)c2c1NC(=O)CS[C@@H]2c1ccc(Br)s1. The number of carbonyl (C=O) groups is 1. The molecule has 0 saturated carbocycles. The molecule has 1 atom stereocenters. The minimum atomic E-state index is -0.136. The van der Waals surface area contributed by atoms with E-state index in [1.807, 2.05) is 26.0 Å². The van der Waals surface area contributed by atoms with Crippen molar-refractivity contribution in [1.29, 1.82) is 0 Å². The molecule has 8 heteroatoms. The normalized spacial score (nSPS) is 18.5. The Kier molecular flexibility index (Phi) is 4.02. The van der Waals surface area contributed by atoms with Gasteiger partial charge in [0.15, 0.2) is 0 Å². The quantitative estimate of drug-likeness (QED) is 0.829. The van der Waals surface area contributed by atoms with Crippen LogP contribution in [0.1, 0.15) is 35.6 Å². The second-order valence-electron chi connectivity index (χ2n) is 5.05. The Bertz CT molecular complexity index is 747. The maximum absolute atomic E-state index is 12.4. The molecule has 0 saturated heterocycles. The number of hydrogen-bond acceptors (Lipinski definition) is 4. The van der Waals surface area contributed by atoms with Crippen molar-refractivity contribution in [1.82, 2.24) is 9.78 Å². The van der Waals surface area contributed by atoms with E-state index >= 15 is 0 Å². The van der Waals surface area contributed by atoms with Crippen LogP contribution in [0.5, 0.6) is 0 Å². The number of aromatic amines is 1. The minimum absolute atomic E-state index is 0.0700. The van der Waals surface area contributed by atoms with Gasteiger partial charge in [0.1, 0.15) is 5.82 Å². The van der Waals surface area contributed by atoms with Gasteiger partial charge in [0.2, 0.25) is 5.91 Å². The lowest BCUT2D eigenvalue weighted by molar-refractivity contribution is -0.113. The fourth-order valence-electron chi connectivity index (χ4n) is 2.33. The number of carbonyl (C=O) groups excluding carboxylic acids is 1. The summed E-state index contributed by atoms with van der Waals surface area (Å²) in [6.07, 6.45) is 0. The summed E-state index contributed by atoms with van der Waals surface area (Å²) in [5.74, 6) is 0.860. The van der Waals surface area contributed by atoms with Crippen LogP contribution < -0.4 is 10.9 Å². The van der Waals surface area contributed by atoms with Crippen LogP contribution in [-0.2, 0) is 4.79 Å². The number of aromatic nitrogens is 2. The predicted octanol–water partition coefficient (Wildman–Crippen LogP) is 3.36. The van der Waals surface area contributed by atoms with Crippen LogP contribution in [0.15, 0.2) is 20.7 Å². The molecule has 0 aliphatic carbocycles. The molecule has 2 aromatic heterocycles. The molecule has 1 aliphatic heterocycles. The fourth-order valence-corrected chi connectivity index (χ4v) is 5.11. The van der Waals surface area contributed by atoms with Gasteiger partial charge in [-0.3, -0.25) is 19.4 Å². The molecule has 0 aromatic carbocycles. The number of anilines is 1. The van der Waals surface area contributed by atoms with Crippen molar-refractivity contribution in [2.45, 2.75) is 25.1 Å². The Morgan fingerprint density at radius 1 is 1.38 bits per heavy atom. The largest absolute Gasteiger partial charge is 0.310 e. The van der Waals surface area contributed by atoms with Gasteiger partial charge < -0.3 is 5.32 Å². The molecule has 5 nitrogen and oxygen atoms in total. The van der Waals surface area contributed by atoms with Gasteiger partial charge in [-0.2, -0.15) is 0 Å². The van der Waals surface area contributed by atoms with Crippen LogP contribution in [0.4, 0.5) is 5.82 Å². The average molecular weight is 388 g/mol. The average Bonchev–Trinajstić information content (AvgIpc) is 2.91. The smallest absolute Gasteiger partial charge is 0.271 e. The van der Waals surface area contributed by atoms with Crippen molar-refractivity contribution >= 4 is 50.8 Å². The van der Waals surface area contributed by atoms with Crippen molar-refractivity contribution in [3.05, 3.63) is 36.7 Å². The third-order valence-electron chi connectivity index (χ3n) is 3.23. The van der Waals surface area contributed by atoms with Crippen molar-refractivity contribution in [2.75, 3.05) is 11.1 Å². The van der Waals surface area contributed by atoms with Gasteiger partial charge in [-0.25, -0.2) is 0 Å². The lowest BCUT2D eigenvalue weighted by Gasteiger charge is -2.13. The predicted molar refractivity (Wildman–Crippen MR) is 90.4 cm³/mol. The Hall–Kier alpha value is -0.990. The molecule has 0 radical (unpaired) electrons. The molecule has 21 heavy (non-hydrogen) atoms. The summed E-state index contributed by atoms with van der Waals surface area (Å²) >= 11 is 6.53. The van der Waals surface area contributed by atoms with E-state index in [1.54, 1.807) is 16.0 Å². The molecule has 112 valence electrons. The number of nitrogens with zero attached hydrogens (tertiary/aromatic N) is 1.